The van der Waals surface area contributed by atoms with Crippen molar-refractivity contribution in [2.75, 3.05) is 5.32 Å². The maximum Gasteiger partial charge on any atom is 0.274 e. The monoisotopic (exact) mass is 258 g/mol. The number of rotatable bonds is 4. The predicted octanol–water partition coefficient (Wildman–Crippen LogP) is 3.43. The molecule has 0 bridgehead atoms. The molecule has 19 heavy (non-hydrogen) atoms. The third kappa shape index (κ3) is 3.37. The Labute approximate surface area is 111 Å². The van der Waals surface area contributed by atoms with Crippen molar-refractivity contribution in [3.05, 3.63) is 59.7 Å². The first-order valence-corrected chi connectivity index (χ1v) is 6.22. The predicted molar refractivity (Wildman–Crippen MR) is 72.6 cm³/mol. The fourth-order valence-electron chi connectivity index (χ4n) is 1.85. The van der Waals surface area contributed by atoms with Crippen molar-refractivity contribution in [3.8, 4) is 0 Å². The highest BCUT2D eigenvalue weighted by molar-refractivity contribution is 6.03. The number of amides is 1. The van der Waals surface area contributed by atoms with Crippen LogP contribution in [-0.4, -0.2) is 10.9 Å². The van der Waals surface area contributed by atoms with Gasteiger partial charge in [0.25, 0.3) is 5.91 Å². The van der Waals surface area contributed by atoms with Crippen LogP contribution in [0.15, 0.2) is 42.5 Å². The van der Waals surface area contributed by atoms with E-state index in [0.717, 1.165) is 24.1 Å². The number of para-hydroxylation sites is 1. The van der Waals surface area contributed by atoms with Crippen molar-refractivity contribution in [1.29, 1.82) is 0 Å². The zero-order valence-electron chi connectivity index (χ0n) is 10.7. The summed E-state index contributed by atoms with van der Waals surface area (Å²) in [4.78, 5) is 15.5. The summed E-state index contributed by atoms with van der Waals surface area (Å²) >= 11 is 0. The van der Waals surface area contributed by atoms with Crippen LogP contribution in [0, 0.1) is 5.95 Å². The molecule has 2 aromatic rings. The normalized spacial score (nSPS) is 10.2. The Morgan fingerprint density at radius 1 is 1.21 bits per heavy atom. The Bertz CT molecular complexity index is 584. The second-order valence-electron chi connectivity index (χ2n) is 4.21. The van der Waals surface area contributed by atoms with Gasteiger partial charge in [0.15, 0.2) is 0 Å². The molecule has 0 atom stereocenters. The second-order valence-corrected chi connectivity index (χ2v) is 4.21. The maximum atomic E-state index is 13.0. The molecule has 0 spiro atoms. The Balaban J connectivity index is 2.19. The van der Waals surface area contributed by atoms with E-state index in [-0.39, 0.29) is 5.69 Å². The molecule has 0 aliphatic rings. The smallest absolute Gasteiger partial charge is 0.274 e. The summed E-state index contributed by atoms with van der Waals surface area (Å²) in [6.07, 6.45) is 1.87. The van der Waals surface area contributed by atoms with E-state index in [0.29, 0.717) is 0 Å². The van der Waals surface area contributed by atoms with E-state index < -0.39 is 11.9 Å². The number of hydrogen-bond acceptors (Lipinski definition) is 2. The van der Waals surface area contributed by atoms with Crippen LogP contribution in [0.3, 0.4) is 0 Å². The molecular weight excluding hydrogens is 243 g/mol. The summed E-state index contributed by atoms with van der Waals surface area (Å²) < 4.78 is 13.0. The number of carbonyl (C=O) groups excluding carboxylic acids is 1. The lowest BCUT2D eigenvalue weighted by Gasteiger charge is -2.09. The van der Waals surface area contributed by atoms with Gasteiger partial charge in [-0.3, -0.25) is 4.79 Å². The molecule has 3 nitrogen and oxygen atoms in total. The molecular formula is C15H15FN2O. The summed E-state index contributed by atoms with van der Waals surface area (Å²) in [5.74, 6) is -1.06. The standard InChI is InChI=1S/C15H15FN2O/c1-2-6-11-7-3-4-8-12(11)18-15(19)13-9-5-10-14(16)17-13/h3-5,7-10H,2,6H2,1H3,(H,18,19). The van der Waals surface area contributed by atoms with Crippen LogP contribution >= 0.6 is 0 Å². The van der Waals surface area contributed by atoms with E-state index in [2.05, 4.69) is 17.2 Å². The van der Waals surface area contributed by atoms with E-state index in [4.69, 9.17) is 0 Å². The lowest BCUT2D eigenvalue weighted by atomic mass is 10.1. The fourth-order valence-corrected chi connectivity index (χ4v) is 1.85. The first-order valence-electron chi connectivity index (χ1n) is 6.22. The molecule has 0 aliphatic carbocycles. The molecule has 1 aromatic carbocycles. The van der Waals surface area contributed by atoms with E-state index in [1.165, 1.54) is 18.2 Å². The molecule has 2 rings (SSSR count). The number of halogens is 1. The summed E-state index contributed by atoms with van der Waals surface area (Å²) in [6.45, 7) is 2.08. The minimum absolute atomic E-state index is 0.0753. The molecule has 0 fully saturated rings. The molecule has 0 unspecified atom stereocenters. The molecule has 1 N–H and O–H groups in total. The third-order valence-corrected chi connectivity index (χ3v) is 2.73. The molecule has 1 heterocycles. The zero-order chi connectivity index (χ0) is 13.7. The first-order chi connectivity index (χ1) is 9.20. The van der Waals surface area contributed by atoms with E-state index in [1.807, 2.05) is 24.3 Å². The highest BCUT2D eigenvalue weighted by Crippen LogP contribution is 2.17. The molecule has 0 saturated heterocycles. The van der Waals surface area contributed by atoms with E-state index >= 15 is 0 Å². The van der Waals surface area contributed by atoms with Crippen LogP contribution < -0.4 is 5.32 Å². The Hall–Kier alpha value is -2.23. The number of hydrogen-bond donors (Lipinski definition) is 1. The number of pyridine rings is 1. The lowest BCUT2D eigenvalue weighted by molar-refractivity contribution is 0.102. The average molecular weight is 258 g/mol. The maximum absolute atomic E-state index is 13.0. The van der Waals surface area contributed by atoms with Crippen molar-refractivity contribution in [2.24, 2.45) is 0 Å². The molecule has 1 aromatic heterocycles. The highest BCUT2D eigenvalue weighted by Gasteiger charge is 2.10. The van der Waals surface area contributed by atoms with Gasteiger partial charge < -0.3 is 5.32 Å². The van der Waals surface area contributed by atoms with Crippen molar-refractivity contribution in [2.45, 2.75) is 19.8 Å². The van der Waals surface area contributed by atoms with Gasteiger partial charge in [0, 0.05) is 5.69 Å². The van der Waals surface area contributed by atoms with Crippen molar-refractivity contribution < 1.29 is 9.18 Å². The van der Waals surface area contributed by atoms with E-state index in [9.17, 15) is 9.18 Å². The number of nitrogens with zero attached hydrogens (tertiary/aromatic N) is 1. The largest absolute Gasteiger partial charge is 0.320 e. The molecule has 0 aliphatic heterocycles. The van der Waals surface area contributed by atoms with Crippen molar-refractivity contribution >= 4 is 11.6 Å². The number of carbonyl (C=O) groups is 1. The summed E-state index contributed by atoms with van der Waals surface area (Å²) in [7, 11) is 0. The third-order valence-electron chi connectivity index (χ3n) is 2.73. The van der Waals surface area contributed by atoms with Crippen LogP contribution in [0.25, 0.3) is 0 Å². The van der Waals surface area contributed by atoms with Crippen LogP contribution in [-0.2, 0) is 6.42 Å². The van der Waals surface area contributed by atoms with Crippen LogP contribution in [0.5, 0.6) is 0 Å². The fraction of sp³-hybridized carbons (Fsp3) is 0.200. The minimum Gasteiger partial charge on any atom is -0.320 e. The Morgan fingerprint density at radius 3 is 2.74 bits per heavy atom. The van der Waals surface area contributed by atoms with Crippen molar-refractivity contribution in [3.63, 3.8) is 0 Å². The first kappa shape index (κ1) is 13.2. The van der Waals surface area contributed by atoms with Crippen molar-refractivity contribution in [1.82, 2.24) is 4.98 Å². The number of benzene rings is 1. The van der Waals surface area contributed by atoms with Crippen LogP contribution in [0.1, 0.15) is 29.4 Å². The van der Waals surface area contributed by atoms with Gasteiger partial charge in [0.1, 0.15) is 5.69 Å². The van der Waals surface area contributed by atoms with Crippen LogP contribution in [0.4, 0.5) is 10.1 Å². The quantitative estimate of drug-likeness (QED) is 0.854. The summed E-state index contributed by atoms with van der Waals surface area (Å²) in [5.41, 5.74) is 1.89. The van der Waals surface area contributed by atoms with Crippen LogP contribution in [0.2, 0.25) is 0 Å². The molecule has 4 heteroatoms. The zero-order valence-corrected chi connectivity index (χ0v) is 10.7. The van der Waals surface area contributed by atoms with E-state index in [1.54, 1.807) is 0 Å². The summed E-state index contributed by atoms with van der Waals surface area (Å²) in [5, 5.41) is 2.77. The Kier molecular flexibility index (Phi) is 4.23. The molecule has 0 saturated carbocycles. The minimum atomic E-state index is -0.658. The SMILES string of the molecule is CCCc1ccccc1NC(=O)c1cccc(F)n1. The second kappa shape index (κ2) is 6.09. The van der Waals surface area contributed by atoms with Gasteiger partial charge in [-0.25, -0.2) is 4.98 Å². The van der Waals surface area contributed by atoms with Gasteiger partial charge in [0.05, 0.1) is 0 Å². The topological polar surface area (TPSA) is 42.0 Å². The highest BCUT2D eigenvalue weighted by atomic mass is 19.1. The molecule has 0 radical (unpaired) electrons. The van der Waals surface area contributed by atoms with Gasteiger partial charge in [0.2, 0.25) is 5.95 Å². The van der Waals surface area contributed by atoms with Gasteiger partial charge >= 0.3 is 0 Å². The molecule has 98 valence electrons. The number of nitrogens with one attached hydrogen (secondary N) is 1. The van der Waals surface area contributed by atoms with Gasteiger partial charge in [-0.1, -0.05) is 37.6 Å². The van der Waals surface area contributed by atoms with Gasteiger partial charge in [-0.15, -0.1) is 0 Å². The van der Waals surface area contributed by atoms with Gasteiger partial charge in [-0.2, -0.15) is 4.39 Å². The average Bonchev–Trinajstić information content (AvgIpc) is 2.41. The summed E-state index contributed by atoms with van der Waals surface area (Å²) in [6, 6.07) is 11.8. The molecule has 1 amide bonds. The number of aromatic nitrogens is 1. The lowest BCUT2D eigenvalue weighted by Crippen LogP contribution is -2.15. The van der Waals surface area contributed by atoms with Gasteiger partial charge in [-0.05, 0) is 30.2 Å². The Morgan fingerprint density at radius 2 is 2.00 bits per heavy atom. The number of aryl methyl sites for hydroxylation is 1. The number of anilines is 1.